The average molecular weight is 221 g/mol. The highest BCUT2D eigenvalue weighted by atomic mass is 15.1. The third kappa shape index (κ3) is 2.64. The first-order chi connectivity index (χ1) is 7.81. The summed E-state index contributed by atoms with van der Waals surface area (Å²) in [6.07, 6.45) is 10.5. The number of hydrogen-bond donors (Lipinski definition) is 1. The second kappa shape index (κ2) is 5.48. The van der Waals surface area contributed by atoms with Gasteiger partial charge in [-0.25, -0.2) is 4.98 Å². The molecule has 0 aromatic carbocycles. The standard InChI is InChI=1S/C13H23N3/c1-3-7-15-12-5-4-6-13(10-12)16-9-8-14-11(16)2/h8-9,12-13,15H,3-7,10H2,1-2H3. The van der Waals surface area contributed by atoms with Crippen LogP contribution in [0, 0.1) is 6.92 Å². The van der Waals surface area contributed by atoms with Crippen molar-refractivity contribution in [2.24, 2.45) is 0 Å². The van der Waals surface area contributed by atoms with Gasteiger partial charge in [0, 0.05) is 24.5 Å². The summed E-state index contributed by atoms with van der Waals surface area (Å²) in [4.78, 5) is 4.32. The fraction of sp³-hybridized carbons (Fsp3) is 0.769. The van der Waals surface area contributed by atoms with Crippen molar-refractivity contribution in [2.45, 2.75) is 58.0 Å². The molecule has 1 fully saturated rings. The van der Waals surface area contributed by atoms with Gasteiger partial charge < -0.3 is 9.88 Å². The molecule has 16 heavy (non-hydrogen) atoms. The molecule has 0 aliphatic heterocycles. The molecule has 1 aromatic rings. The number of nitrogens with zero attached hydrogens (tertiary/aromatic N) is 2. The Morgan fingerprint density at radius 2 is 2.38 bits per heavy atom. The fourth-order valence-electron chi connectivity index (χ4n) is 2.72. The van der Waals surface area contributed by atoms with Gasteiger partial charge >= 0.3 is 0 Å². The predicted octanol–water partition coefficient (Wildman–Crippen LogP) is 2.67. The average Bonchev–Trinajstić information content (AvgIpc) is 2.73. The van der Waals surface area contributed by atoms with Gasteiger partial charge in [-0.15, -0.1) is 0 Å². The molecule has 0 spiro atoms. The quantitative estimate of drug-likeness (QED) is 0.847. The summed E-state index contributed by atoms with van der Waals surface area (Å²) < 4.78 is 2.35. The highest BCUT2D eigenvalue weighted by Crippen LogP contribution is 2.29. The van der Waals surface area contributed by atoms with Gasteiger partial charge in [-0.1, -0.05) is 6.92 Å². The van der Waals surface area contributed by atoms with Crippen molar-refractivity contribution in [3.05, 3.63) is 18.2 Å². The first-order valence-electron chi connectivity index (χ1n) is 6.54. The van der Waals surface area contributed by atoms with Gasteiger partial charge in [-0.05, 0) is 45.6 Å². The SMILES string of the molecule is CCCNC1CCCC(n2ccnc2C)C1. The number of aryl methyl sites for hydroxylation is 1. The molecule has 0 bridgehead atoms. The third-order valence-electron chi connectivity index (χ3n) is 3.59. The molecule has 3 heteroatoms. The van der Waals surface area contributed by atoms with Gasteiger partial charge in [0.2, 0.25) is 0 Å². The molecule has 2 rings (SSSR count). The molecular weight excluding hydrogens is 198 g/mol. The molecule has 90 valence electrons. The fourth-order valence-corrected chi connectivity index (χ4v) is 2.72. The Kier molecular flexibility index (Phi) is 3.99. The van der Waals surface area contributed by atoms with Crippen LogP contribution in [0.4, 0.5) is 0 Å². The zero-order valence-electron chi connectivity index (χ0n) is 10.4. The molecule has 0 radical (unpaired) electrons. The van der Waals surface area contributed by atoms with Crippen LogP contribution in [0.2, 0.25) is 0 Å². The van der Waals surface area contributed by atoms with Gasteiger partial charge in [-0.2, -0.15) is 0 Å². The van der Waals surface area contributed by atoms with E-state index in [9.17, 15) is 0 Å². The molecule has 1 aliphatic carbocycles. The molecule has 1 heterocycles. The maximum absolute atomic E-state index is 4.32. The topological polar surface area (TPSA) is 29.9 Å². The van der Waals surface area contributed by atoms with Crippen LogP contribution in [0.15, 0.2) is 12.4 Å². The maximum Gasteiger partial charge on any atom is 0.105 e. The number of imidazole rings is 1. The van der Waals surface area contributed by atoms with Gasteiger partial charge in [0.05, 0.1) is 0 Å². The minimum atomic E-state index is 0.658. The van der Waals surface area contributed by atoms with Crippen LogP contribution < -0.4 is 5.32 Å². The largest absolute Gasteiger partial charge is 0.332 e. The number of nitrogens with one attached hydrogen (secondary N) is 1. The Hall–Kier alpha value is -0.830. The van der Waals surface area contributed by atoms with Crippen molar-refractivity contribution < 1.29 is 0 Å². The Morgan fingerprint density at radius 3 is 3.06 bits per heavy atom. The van der Waals surface area contributed by atoms with Crippen LogP contribution in [0.1, 0.15) is 50.9 Å². The lowest BCUT2D eigenvalue weighted by atomic mass is 9.90. The summed E-state index contributed by atoms with van der Waals surface area (Å²) in [5.74, 6) is 1.15. The predicted molar refractivity (Wildman–Crippen MR) is 66.6 cm³/mol. The number of rotatable bonds is 4. The first kappa shape index (κ1) is 11.6. The van der Waals surface area contributed by atoms with E-state index in [1.807, 2.05) is 6.20 Å². The van der Waals surface area contributed by atoms with E-state index in [-0.39, 0.29) is 0 Å². The second-order valence-corrected chi connectivity index (χ2v) is 4.85. The van der Waals surface area contributed by atoms with E-state index in [0.717, 1.165) is 12.4 Å². The molecular formula is C13H23N3. The molecule has 0 amide bonds. The Balaban J connectivity index is 1.94. The van der Waals surface area contributed by atoms with Crippen molar-refractivity contribution in [2.75, 3.05) is 6.54 Å². The van der Waals surface area contributed by atoms with Crippen LogP contribution in [-0.2, 0) is 0 Å². The lowest BCUT2D eigenvalue weighted by Crippen LogP contribution is -2.35. The zero-order valence-corrected chi connectivity index (χ0v) is 10.4. The van der Waals surface area contributed by atoms with Gasteiger partial charge in [0.25, 0.3) is 0 Å². The van der Waals surface area contributed by atoms with E-state index in [4.69, 9.17) is 0 Å². The lowest BCUT2D eigenvalue weighted by Gasteiger charge is -2.31. The van der Waals surface area contributed by atoms with Crippen LogP contribution in [0.5, 0.6) is 0 Å². The smallest absolute Gasteiger partial charge is 0.105 e. The summed E-state index contributed by atoms with van der Waals surface area (Å²) in [6, 6.07) is 1.37. The van der Waals surface area contributed by atoms with Crippen LogP contribution in [-0.4, -0.2) is 22.1 Å². The van der Waals surface area contributed by atoms with Crippen molar-refractivity contribution in [1.82, 2.24) is 14.9 Å². The van der Waals surface area contributed by atoms with E-state index in [2.05, 4.69) is 34.9 Å². The summed E-state index contributed by atoms with van der Waals surface area (Å²) >= 11 is 0. The highest BCUT2D eigenvalue weighted by Gasteiger charge is 2.23. The van der Waals surface area contributed by atoms with E-state index in [1.165, 1.54) is 32.1 Å². The lowest BCUT2D eigenvalue weighted by molar-refractivity contribution is 0.282. The van der Waals surface area contributed by atoms with Crippen molar-refractivity contribution in [3.8, 4) is 0 Å². The Morgan fingerprint density at radius 1 is 1.50 bits per heavy atom. The van der Waals surface area contributed by atoms with E-state index < -0.39 is 0 Å². The van der Waals surface area contributed by atoms with Crippen molar-refractivity contribution in [1.29, 1.82) is 0 Å². The van der Waals surface area contributed by atoms with E-state index >= 15 is 0 Å². The molecule has 3 nitrogen and oxygen atoms in total. The third-order valence-corrected chi connectivity index (χ3v) is 3.59. The number of aromatic nitrogens is 2. The molecule has 1 saturated carbocycles. The molecule has 1 N–H and O–H groups in total. The normalized spacial score (nSPS) is 25.9. The maximum atomic E-state index is 4.32. The highest BCUT2D eigenvalue weighted by molar-refractivity contribution is 4.94. The summed E-state index contributed by atoms with van der Waals surface area (Å²) in [6.45, 7) is 5.48. The first-order valence-corrected chi connectivity index (χ1v) is 6.54. The summed E-state index contributed by atoms with van der Waals surface area (Å²) in [5.41, 5.74) is 0. The van der Waals surface area contributed by atoms with Crippen LogP contribution in [0.3, 0.4) is 0 Å². The molecule has 2 unspecified atom stereocenters. The minimum absolute atomic E-state index is 0.658. The molecule has 1 aromatic heterocycles. The van der Waals surface area contributed by atoms with Gasteiger partial charge in [0.1, 0.15) is 5.82 Å². The van der Waals surface area contributed by atoms with Gasteiger partial charge in [0.15, 0.2) is 0 Å². The Labute approximate surface area is 98.3 Å². The summed E-state index contributed by atoms with van der Waals surface area (Å²) in [5, 5.41) is 3.65. The minimum Gasteiger partial charge on any atom is -0.332 e. The molecule has 1 aliphatic rings. The zero-order chi connectivity index (χ0) is 11.4. The van der Waals surface area contributed by atoms with E-state index in [1.54, 1.807) is 0 Å². The van der Waals surface area contributed by atoms with Crippen LogP contribution in [0.25, 0.3) is 0 Å². The van der Waals surface area contributed by atoms with E-state index in [0.29, 0.717) is 12.1 Å². The van der Waals surface area contributed by atoms with Crippen molar-refractivity contribution >= 4 is 0 Å². The van der Waals surface area contributed by atoms with Gasteiger partial charge in [-0.3, -0.25) is 0 Å². The van der Waals surface area contributed by atoms with Crippen LogP contribution >= 0.6 is 0 Å². The molecule has 2 atom stereocenters. The summed E-state index contributed by atoms with van der Waals surface area (Å²) in [7, 11) is 0. The van der Waals surface area contributed by atoms with Crippen molar-refractivity contribution in [3.63, 3.8) is 0 Å². The Bertz CT molecular complexity index is 319. The second-order valence-electron chi connectivity index (χ2n) is 4.85. The monoisotopic (exact) mass is 221 g/mol. The number of hydrogen-bond acceptors (Lipinski definition) is 2. The molecule has 0 saturated heterocycles.